The normalized spacial score (nSPS) is 38.9. The largest absolute Gasteiger partial charge is 0.338 e. The summed E-state index contributed by atoms with van der Waals surface area (Å²) in [5, 5.41) is 0. The van der Waals surface area contributed by atoms with Crippen LogP contribution >= 0.6 is 0 Å². The minimum absolute atomic E-state index is 0.120. The molecule has 0 saturated carbocycles. The zero-order chi connectivity index (χ0) is 7.14. The van der Waals surface area contributed by atoms with Crippen molar-refractivity contribution in [1.29, 1.82) is 0 Å². The van der Waals surface area contributed by atoms with Crippen LogP contribution in [0.4, 0.5) is 0 Å². The number of hydrogen-bond acceptors (Lipinski definition) is 2. The van der Waals surface area contributed by atoms with Crippen LogP contribution in [-0.4, -0.2) is 29.4 Å². The molecule has 0 aliphatic carbocycles. The Morgan fingerprint density at radius 1 is 1.60 bits per heavy atom. The lowest BCUT2D eigenvalue weighted by atomic mass is 10.1. The highest BCUT2D eigenvalue weighted by Crippen LogP contribution is 2.27. The van der Waals surface area contributed by atoms with Crippen LogP contribution in [0.2, 0.25) is 0 Å². The summed E-state index contributed by atoms with van der Waals surface area (Å²) in [5.41, 5.74) is 5.75. The Morgan fingerprint density at radius 2 is 2.40 bits per heavy atom. The Labute approximate surface area is 60.2 Å². The number of amides is 1. The fourth-order valence-corrected chi connectivity index (χ4v) is 2.00. The summed E-state index contributed by atoms with van der Waals surface area (Å²) >= 11 is 0. The number of fused-ring (bicyclic) bond motifs is 1. The van der Waals surface area contributed by atoms with Crippen molar-refractivity contribution in [2.24, 2.45) is 5.73 Å². The van der Waals surface area contributed by atoms with E-state index in [2.05, 4.69) is 0 Å². The smallest absolute Gasteiger partial charge is 0.224 e. The maximum absolute atomic E-state index is 11.1. The summed E-state index contributed by atoms with van der Waals surface area (Å²) in [6.45, 7) is 0.942. The van der Waals surface area contributed by atoms with E-state index in [4.69, 9.17) is 5.73 Å². The van der Waals surface area contributed by atoms with E-state index in [1.165, 1.54) is 0 Å². The van der Waals surface area contributed by atoms with Gasteiger partial charge in [-0.3, -0.25) is 4.79 Å². The molecular formula is C7H12N2O. The molecule has 2 fully saturated rings. The Kier molecular flexibility index (Phi) is 1.20. The van der Waals surface area contributed by atoms with Gasteiger partial charge in [-0.15, -0.1) is 0 Å². The van der Waals surface area contributed by atoms with Crippen LogP contribution in [0.15, 0.2) is 0 Å². The molecule has 0 spiro atoms. The topological polar surface area (TPSA) is 46.3 Å². The summed E-state index contributed by atoms with van der Waals surface area (Å²) in [6.07, 6.45) is 2.84. The van der Waals surface area contributed by atoms with E-state index < -0.39 is 0 Å². The van der Waals surface area contributed by atoms with Crippen molar-refractivity contribution >= 4 is 5.91 Å². The minimum Gasteiger partial charge on any atom is -0.338 e. The first kappa shape index (κ1) is 6.16. The highest BCUT2D eigenvalue weighted by atomic mass is 16.2. The average molecular weight is 140 g/mol. The molecule has 1 amide bonds. The maximum Gasteiger partial charge on any atom is 0.224 e. The Balaban J connectivity index is 2.19. The Bertz CT molecular complexity index is 169. The van der Waals surface area contributed by atoms with Crippen LogP contribution in [0.25, 0.3) is 0 Å². The van der Waals surface area contributed by atoms with Crippen LogP contribution in [-0.2, 0) is 4.79 Å². The standard InChI is InChI=1S/C7H12N2O/c8-5-4-7(10)9-3-1-2-6(5)9/h5-6H,1-4,8H2/t5-,6+/m1/s1. The first-order valence-corrected chi connectivity index (χ1v) is 3.84. The van der Waals surface area contributed by atoms with Gasteiger partial charge < -0.3 is 10.6 Å². The lowest BCUT2D eigenvalue weighted by Gasteiger charge is -2.16. The number of nitrogens with two attached hydrogens (primary N) is 1. The van der Waals surface area contributed by atoms with Crippen LogP contribution in [0.1, 0.15) is 19.3 Å². The molecule has 2 aliphatic heterocycles. The lowest BCUT2D eigenvalue weighted by molar-refractivity contribution is -0.127. The molecule has 0 aromatic heterocycles. The molecule has 2 atom stereocenters. The third kappa shape index (κ3) is 0.669. The Hall–Kier alpha value is -0.570. The molecule has 56 valence electrons. The second kappa shape index (κ2) is 1.95. The molecule has 2 heterocycles. The monoisotopic (exact) mass is 140 g/mol. The van der Waals surface area contributed by atoms with Gasteiger partial charge in [0.25, 0.3) is 0 Å². The van der Waals surface area contributed by atoms with E-state index in [1.54, 1.807) is 0 Å². The molecule has 2 rings (SSSR count). The molecule has 3 nitrogen and oxygen atoms in total. The molecule has 2 N–H and O–H groups in total. The highest BCUT2D eigenvalue weighted by Gasteiger charge is 2.40. The molecule has 0 unspecified atom stereocenters. The van der Waals surface area contributed by atoms with Crippen LogP contribution < -0.4 is 5.73 Å². The zero-order valence-corrected chi connectivity index (χ0v) is 5.92. The number of nitrogens with zero attached hydrogens (tertiary/aromatic N) is 1. The molecule has 10 heavy (non-hydrogen) atoms. The molecular weight excluding hydrogens is 128 g/mol. The summed E-state index contributed by atoms with van der Waals surface area (Å²) in [7, 11) is 0. The number of rotatable bonds is 0. The first-order chi connectivity index (χ1) is 4.79. The third-order valence-electron chi connectivity index (χ3n) is 2.52. The van der Waals surface area contributed by atoms with Gasteiger partial charge in [0.1, 0.15) is 0 Å². The van der Waals surface area contributed by atoms with Gasteiger partial charge >= 0.3 is 0 Å². The van der Waals surface area contributed by atoms with Crippen molar-refractivity contribution < 1.29 is 4.79 Å². The van der Waals surface area contributed by atoms with Crippen molar-refractivity contribution in [1.82, 2.24) is 4.90 Å². The van der Waals surface area contributed by atoms with Gasteiger partial charge in [0, 0.05) is 25.0 Å². The van der Waals surface area contributed by atoms with E-state index in [0.717, 1.165) is 19.4 Å². The van der Waals surface area contributed by atoms with E-state index >= 15 is 0 Å². The van der Waals surface area contributed by atoms with Gasteiger partial charge in [0.05, 0.1) is 0 Å². The van der Waals surface area contributed by atoms with Gasteiger partial charge in [0.15, 0.2) is 0 Å². The Morgan fingerprint density at radius 3 is 3.10 bits per heavy atom. The molecule has 0 bridgehead atoms. The van der Waals surface area contributed by atoms with Gasteiger partial charge in [-0.05, 0) is 12.8 Å². The first-order valence-electron chi connectivity index (χ1n) is 3.84. The minimum atomic E-state index is 0.120. The van der Waals surface area contributed by atoms with Gasteiger partial charge in [0.2, 0.25) is 5.91 Å². The van der Waals surface area contributed by atoms with Gasteiger partial charge in [-0.1, -0.05) is 0 Å². The molecule has 2 saturated heterocycles. The fourth-order valence-electron chi connectivity index (χ4n) is 2.00. The third-order valence-corrected chi connectivity index (χ3v) is 2.52. The summed E-state index contributed by atoms with van der Waals surface area (Å²) in [4.78, 5) is 13.0. The number of carbonyl (C=O) groups is 1. The van der Waals surface area contributed by atoms with Crippen LogP contribution in [0.5, 0.6) is 0 Å². The van der Waals surface area contributed by atoms with E-state index in [9.17, 15) is 4.79 Å². The van der Waals surface area contributed by atoms with Crippen LogP contribution in [0, 0.1) is 0 Å². The quantitative estimate of drug-likeness (QED) is 0.502. The van der Waals surface area contributed by atoms with Crippen LogP contribution in [0.3, 0.4) is 0 Å². The summed E-state index contributed by atoms with van der Waals surface area (Å²) in [5.74, 6) is 0.259. The van der Waals surface area contributed by atoms with Crippen molar-refractivity contribution in [2.75, 3.05) is 6.54 Å². The predicted octanol–water partition coefficient (Wildman–Crippen LogP) is -0.292. The summed E-state index contributed by atoms with van der Waals surface area (Å²) < 4.78 is 0. The lowest BCUT2D eigenvalue weighted by Crippen LogP contribution is -2.35. The predicted molar refractivity (Wildman–Crippen MR) is 37.3 cm³/mol. The van der Waals surface area contributed by atoms with Gasteiger partial charge in [-0.2, -0.15) is 0 Å². The van der Waals surface area contributed by atoms with Crippen molar-refractivity contribution in [2.45, 2.75) is 31.3 Å². The van der Waals surface area contributed by atoms with Crippen molar-refractivity contribution in [3.8, 4) is 0 Å². The van der Waals surface area contributed by atoms with E-state index in [1.807, 2.05) is 4.90 Å². The second-order valence-corrected chi connectivity index (χ2v) is 3.16. The number of hydrogen-bond donors (Lipinski definition) is 1. The van der Waals surface area contributed by atoms with Crippen molar-refractivity contribution in [3.63, 3.8) is 0 Å². The zero-order valence-electron chi connectivity index (χ0n) is 5.92. The molecule has 0 aromatic rings. The number of carbonyl (C=O) groups excluding carboxylic acids is 1. The van der Waals surface area contributed by atoms with Gasteiger partial charge in [-0.25, -0.2) is 0 Å². The van der Waals surface area contributed by atoms with E-state index in [0.29, 0.717) is 12.5 Å². The molecule has 2 aliphatic rings. The maximum atomic E-state index is 11.1. The highest BCUT2D eigenvalue weighted by molar-refractivity contribution is 5.80. The average Bonchev–Trinajstić information content (AvgIpc) is 2.39. The molecule has 3 heteroatoms. The fraction of sp³-hybridized carbons (Fsp3) is 0.857. The van der Waals surface area contributed by atoms with Crippen molar-refractivity contribution in [3.05, 3.63) is 0 Å². The second-order valence-electron chi connectivity index (χ2n) is 3.16. The molecule has 0 aromatic carbocycles. The summed E-state index contributed by atoms with van der Waals surface area (Å²) in [6, 6.07) is 0.502. The molecule has 0 radical (unpaired) electrons. The van der Waals surface area contributed by atoms with E-state index in [-0.39, 0.29) is 11.9 Å². The SMILES string of the molecule is N[C@@H]1CC(=O)N2CCC[C@@H]12.